The van der Waals surface area contributed by atoms with Crippen LogP contribution in [0.5, 0.6) is 0 Å². The molecule has 5 nitrogen and oxygen atoms in total. The predicted octanol–water partition coefficient (Wildman–Crippen LogP) is 3.58. The number of piperidine rings is 1. The second-order valence-corrected chi connectivity index (χ2v) is 9.76. The first-order valence-electron chi connectivity index (χ1n) is 9.93. The summed E-state index contributed by atoms with van der Waals surface area (Å²) in [4.78, 5) is 14.8. The van der Waals surface area contributed by atoms with Crippen molar-refractivity contribution in [2.75, 3.05) is 26.7 Å². The fraction of sp³-hybridized carbons (Fsp3) is 0.667. The number of hydrogen-bond acceptors (Lipinski definition) is 3. The molecule has 1 amide bonds. The second-order valence-electron chi connectivity index (χ2n) is 7.88. The fourth-order valence-electron chi connectivity index (χ4n) is 3.86. The van der Waals surface area contributed by atoms with Gasteiger partial charge in [-0.2, -0.15) is 4.31 Å². The van der Waals surface area contributed by atoms with Crippen LogP contribution in [0.4, 0.5) is 0 Å². The average molecular weight is 395 g/mol. The number of aryl methyl sites for hydroxylation is 2. The molecule has 1 aliphatic heterocycles. The van der Waals surface area contributed by atoms with E-state index in [1.165, 1.54) is 0 Å². The predicted molar refractivity (Wildman–Crippen MR) is 109 cm³/mol. The van der Waals surface area contributed by atoms with E-state index in [0.29, 0.717) is 30.8 Å². The molecule has 0 bridgehead atoms. The van der Waals surface area contributed by atoms with E-state index < -0.39 is 10.0 Å². The van der Waals surface area contributed by atoms with Crippen molar-refractivity contribution in [2.45, 2.75) is 65.2 Å². The Morgan fingerprint density at radius 3 is 2.11 bits per heavy atom. The van der Waals surface area contributed by atoms with Crippen LogP contribution in [-0.4, -0.2) is 50.2 Å². The Morgan fingerprint density at radius 2 is 1.63 bits per heavy atom. The summed E-state index contributed by atoms with van der Waals surface area (Å²) in [5, 5.41) is 0. The van der Waals surface area contributed by atoms with Crippen molar-refractivity contribution in [1.82, 2.24) is 9.21 Å². The molecule has 1 aliphatic rings. The molecule has 1 fully saturated rings. The molecular formula is C21H34N2O3S. The zero-order chi connectivity index (χ0) is 20.4. The van der Waals surface area contributed by atoms with Crippen molar-refractivity contribution in [3.05, 3.63) is 28.3 Å². The number of rotatable bonds is 6. The topological polar surface area (TPSA) is 57.7 Å². The zero-order valence-electron chi connectivity index (χ0n) is 17.6. The van der Waals surface area contributed by atoms with Gasteiger partial charge in [-0.1, -0.05) is 19.4 Å². The number of carbonyl (C=O) groups excluding carboxylic acids is 1. The summed E-state index contributed by atoms with van der Waals surface area (Å²) in [6.45, 7) is 11.4. The lowest BCUT2D eigenvalue weighted by Crippen LogP contribution is -2.44. The lowest BCUT2D eigenvalue weighted by Gasteiger charge is -2.33. The van der Waals surface area contributed by atoms with Crippen molar-refractivity contribution >= 4 is 15.9 Å². The average Bonchev–Trinajstić information content (AvgIpc) is 2.64. The van der Waals surface area contributed by atoms with E-state index in [2.05, 4.69) is 6.92 Å². The van der Waals surface area contributed by atoms with Crippen LogP contribution in [-0.2, 0) is 14.8 Å². The lowest BCUT2D eigenvalue weighted by molar-refractivity contribution is -0.135. The maximum Gasteiger partial charge on any atom is 0.243 e. The minimum absolute atomic E-state index is 0.0697. The summed E-state index contributed by atoms with van der Waals surface area (Å²) >= 11 is 0. The Labute approximate surface area is 164 Å². The van der Waals surface area contributed by atoms with Crippen LogP contribution in [0.15, 0.2) is 11.0 Å². The standard InChI is InChI=1S/C21H34N2O3S/c1-7-8-11-22(6)21(24)19-9-12-23(13-10-19)27(25,26)20-17(4)15(2)14-16(3)18(20)5/h14,19H,7-13H2,1-6H3. The lowest BCUT2D eigenvalue weighted by atomic mass is 9.96. The molecule has 2 rings (SSSR count). The SMILES string of the molecule is CCCCN(C)C(=O)C1CCN(S(=O)(=O)c2c(C)c(C)cc(C)c2C)CC1. The molecule has 0 saturated carbocycles. The van der Waals surface area contributed by atoms with Gasteiger partial charge in [-0.3, -0.25) is 4.79 Å². The maximum atomic E-state index is 13.3. The normalized spacial score (nSPS) is 16.5. The molecular weight excluding hydrogens is 360 g/mol. The maximum absolute atomic E-state index is 13.3. The van der Waals surface area contributed by atoms with Crippen molar-refractivity contribution in [2.24, 2.45) is 5.92 Å². The molecule has 0 aliphatic carbocycles. The Bertz CT molecular complexity index is 768. The van der Waals surface area contributed by atoms with Gasteiger partial charge in [0.2, 0.25) is 15.9 Å². The van der Waals surface area contributed by atoms with Gasteiger partial charge in [-0.05, 0) is 69.2 Å². The van der Waals surface area contributed by atoms with Crippen molar-refractivity contribution in [1.29, 1.82) is 0 Å². The minimum Gasteiger partial charge on any atom is -0.346 e. The van der Waals surface area contributed by atoms with Crippen LogP contribution >= 0.6 is 0 Å². The van der Waals surface area contributed by atoms with E-state index in [0.717, 1.165) is 41.6 Å². The quantitative estimate of drug-likeness (QED) is 0.741. The summed E-state index contributed by atoms with van der Waals surface area (Å²) in [5.74, 6) is 0.0824. The first kappa shape index (κ1) is 21.9. The van der Waals surface area contributed by atoms with Crippen LogP contribution in [0.25, 0.3) is 0 Å². The molecule has 1 aromatic rings. The number of sulfonamides is 1. The van der Waals surface area contributed by atoms with Crippen LogP contribution in [0, 0.1) is 33.6 Å². The van der Waals surface area contributed by atoms with Gasteiger partial charge in [0.25, 0.3) is 0 Å². The summed E-state index contributed by atoms with van der Waals surface area (Å²) in [7, 11) is -1.69. The summed E-state index contributed by atoms with van der Waals surface area (Å²) in [6, 6.07) is 2.04. The van der Waals surface area contributed by atoms with E-state index in [1.54, 1.807) is 9.21 Å². The summed E-state index contributed by atoms with van der Waals surface area (Å²) in [6.07, 6.45) is 3.25. The van der Waals surface area contributed by atoms with Gasteiger partial charge in [-0.15, -0.1) is 0 Å². The largest absolute Gasteiger partial charge is 0.346 e. The van der Waals surface area contributed by atoms with E-state index in [1.807, 2.05) is 40.8 Å². The van der Waals surface area contributed by atoms with Gasteiger partial charge in [-0.25, -0.2) is 8.42 Å². The van der Waals surface area contributed by atoms with Gasteiger partial charge >= 0.3 is 0 Å². The molecule has 27 heavy (non-hydrogen) atoms. The summed E-state index contributed by atoms with van der Waals surface area (Å²) < 4.78 is 28.2. The molecule has 0 spiro atoms. The Kier molecular flexibility index (Phi) is 7.09. The van der Waals surface area contributed by atoms with Crippen LogP contribution < -0.4 is 0 Å². The molecule has 0 unspecified atom stereocenters. The third-order valence-corrected chi connectivity index (χ3v) is 8.09. The van der Waals surface area contributed by atoms with E-state index >= 15 is 0 Å². The molecule has 152 valence electrons. The van der Waals surface area contributed by atoms with E-state index in [4.69, 9.17) is 0 Å². The fourth-order valence-corrected chi connectivity index (χ4v) is 5.90. The third kappa shape index (κ3) is 4.54. The number of nitrogens with zero attached hydrogens (tertiary/aromatic N) is 2. The Hall–Kier alpha value is -1.40. The first-order chi connectivity index (χ1) is 12.6. The molecule has 1 saturated heterocycles. The molecule has 0 N–H and O–H groups in total. The highest BCUT2D eigenvalue weighted by molar-refractivity contribution is 7.89. The van der Waals surface area contributed by atoms with Crippen molar-refractivity contribution < 1.29 is 13.2 Å². The smallest absolute Gasteiger partial charge is 0.243 e. The van der Waals surface area contributed by atoms with Crippen LogP contribution in [0.1, 0.15) is 54.9 Å². The summed E-state index contributed by atoms with van der Waals surface area (Å²) in [5.41, 5.74) is 3.66. The minimum atomic E-state index is -3.54. The van der Waals surface area contributed by atoms with Crippen LogP contribution in [0.2, 0.25) is 0 Å². The Balaban J connectivity index is 2.15. The molecule has 0 atom stereocenters. The van der Waals surface area contributed by atoms with Gasteiger partial charge in [0.05, 0.1) is 4.90 Å². The van der Waals surface area contributed by atoms with E-state index in [9.17, 15) is 13.2 Å². The molecule has 6 heteroatoms. The van der Waals surface area contributed by atoms with Crippen molar-refractivity contribution in [3.8, 4) is 0 Å². The van der Waals surface area contributed by atoms with Gasteiger partial charge in [0.15, 0.2) is 0 Å². The highest BCUT2D eigenvalue weighted by atomic mass is 32.2. The molecule has 1 heterocycles. The highest BCUT2D eigenvalue weighted by Crippen LogP contribution is 2.31. The highest BCUT2D eigenvalue weighted by Gasteiger charge is 2.34. The molecule has 1 aromatic carbocycles. The van der Waals surface area contributed by atoms with Gasteiger partial charge in [0, 0.05) is 32.6 Å². The van der Waals surface area contributed by atoms with E-state index in [-0.39, 0.29) is 11.8 Å². The second kappa shape index (κ2) is 8.74. The first-order valence-corrected chi connectivity index (χ1v) is 11.4. The zero-order valence-corrected chi connectivity index (χ0v) is 18.4. The number of benzene rings is 1. The van der Waals surface area contributed by atoms with Crippen molar-refractivity contribution in [3.63, 3.8) is 0 Å². The van der Waals surface area contributed by atoms with Crippen LogP contribution in [0.3, 0.4) is 0 Å². The number of hydrogen-bond donors (Lipinski definition) is 0. The monoisotopic (exact) mass is 394 g/mol. The Morgan fingerprint density at radius 1 is 1.11 bits per heavy atom. The molecule has 0 aromatic heterocycles. The molecule has 0 radical (unpaired) electrons. The number of unbranched alkanes of at least 4 members (excludes halogenated alkanes) is 1. The van der Waals surface area contributed by atoms with Gasteiger partial charge in [0.1, 0.15) is 0 Å². The third-order valence-electron chi connectivity index (χ3n) is 5.92. The number of carbonyl (C=O) groups is 1. The van der Waals surface area contributed by atoms with Gasteiger partial charge < -0.3 is 4.90 Å². The number of amides is 1.